The molecule has 0 aromatic heterocycles. The fraction of sp³-hybridized carbons (Fsp3) is 0.911. The van der Waals surface area contributed by atoms with Crippen LogP contribution < -0.4 is 16.4 Å². The number of carbonyl (C=O) groups excluding carboxylic acids is 3. The van der Waals surface area contributed by atoms with Crippen LogP contribution in [-0.2, 0) is 14.3 Å². The lowest BCUT2D eigenvalue weighted by Crippen LogP contribution is -2.51. The molecule has 64 heavy (non-hydrogen) atoms. The van der Waals surface area contributed by atoms with Crippen LogP contribution in [0.3, 0.4) is 0 Å². The van der Waals surface area contributed by atoms with Crippen LogP contribution in [-0.4, -0.2) is 61.6 Å². The minimum Gasteiger partial charge on any atom is -0.446 e. The zero-order valence-corrected chi connectivity index (χ0v) is 42.7. The number of carbonyl (C=O) groups is 3. The first-order chi connectivity index (χ1) is 30.9. The molecule has 4 aliphatic rings. The van der Waals surface area contributed by atoms with Crippen LogP contribution in [0, 0.1) is 46.3 Å². The Balaban J connectivity index is 1.13. The number of nitrogens with one attached hydrogen (secondary N) is 2. The third kappa shape index (κ3) is 17.5. The molecule has 3 fully saturated rings. The fourth-order valence-electron chi connectivity index (χ4n) is 13.4. The van der Waals surface area contributed by atoms with Gasteiger partial charge in [-0.05, 0) is 130 Å². The highest BCUT2D eigenvalue weighted by atomic mass is 16.6. The quantitative estimate of drug-likeness (QED) is 0.0448. The Hall–Kier alpha value is -2.09. The molecule has 0 saturated heterocycles. The summed E-state index contributed by atoms with van der Waals surface area (Å²) in [5.41, 5.74) is 7.91. The molecule has 0 aliphatic heterocycles. The number of nitrogens with zero attached hydrogens (tertiary/aromatic N) is 1. The van der Waals surface area contributed by atoms with Gasteiger partial charge in [-0.3, -0.25) is 9.59 Å². The van der Waals surface area contributed by atoms with Gasteiger partial charge in [-0.25, -0.2) is 4.79 Å². The zero-order valence-electron chi connectivity index (χ0n) is 42.7. The normalized spacial score (nSPS) is 26.7. The topological polar surface area (TPSA) is 114 Å². The Bertz CT molecular complexity index is 1370. The molecule has 0 spiro atoms. The summed E-state index contributed by atoms with van der Waals surface area (Å²) < 4.78 is 6.07. The second kappa shape index (κ2) is 29.6. The van der Waals surface area contributed by atoms with Crippen molar-refractivity contribution in [3.8, 4) is 0 Å². The van der Waals surface area contributed by atoms with Gasteiger partial charge in [-0.15, -0.1) is 0 Å². The van der Waals surface area contributed by atoms with E-state index < -0.39 is 0 Å². The van der Waals surface area contributed by atoms with E-state index >= 15 is 0 Å². The van der Waals surface area contributed by atoms with Crippen molar-refractivity contribution in [2.45, 2.75) is 247 Å². The maximum Gasteiger partial charge on any atom is 0.407 e. The number of hydrogen-bond acceptors (Lipinski definition) is 5. The Morgan fingerprint density at radius 1 is 0.734 bits per heavy atom. The van der Waals surface area contributed by atoms with Crippen molar-refractivity contribution in [1.82, 2.24) is 15.5 Å². The van der Waals surface area contributed by atoms with Gasteiger partial charge in [0.1, 0.15) is 6.10 Å². The molecular formula is C56H102N4O4. The maximum absolute atomic E-state index is 13.4. The number of rotatable bonds is 33. The first-order valence-electron chi connectivity index (χ1n) is 27.8. The standard InChI is InChI=1S/C56H102N4O4/c1-7-8-9-10-11-12-13-14-15-16-17-18-19-20-21-29-53(62)60(43-52(61)58-39-23-22-38-57)41-25-24-40-59-54(63)64-47-34-36-55(5)46(42-47)30-31-48-50-33-32-49(45(4)28-26-27-44(2)3)56(50,6)37-35-51(48)55/h30,44-45,47-51H,7-29,31-43,57H2,1-6H3,(H,58,61)(H,59,63)/t45-,47+,48+,49-,50+,51+,55+,56-/m1/s1. The summed E-state index contributed by atoms with van der Waals surface area (Å²) in [6.45, 7) is 17.1. The molecule has 0 unspecified atom stereocenters. The van der Waals surface area contributed by atoms with Gasteiger partial charge in [0.05, 0.1) is 6.54 Å². The lowest BCUT2D eigenvalue weighted by molar-refractivity contribution is -0.136. The maximum atomic E-state index is 13.4. The molecule has 4 rings (SSSR count). The van der Waals surface area contributed by atoms with Crippen LogP contribution in [0.5, 0.6) is 0 Å². The highest BCUT2D eigenvalue weighted by Gasteiger charge is 2.59. The van der Waals surface area contributed by atoms with Crippen molar-refractivity contribution in [1.29, 1.82) is 0 Å². The number of nitrogens with two attached hydrogens (primary N) is 1. The molecule has 3 saturated carbocycles. The van der Waals surface area contributed by atoms with Crippen molar-refractivity contribution in [3.05, 3.63) is 11.6 Å². The summed E-state index contributed by atoms with van der Waals surface area (Å²) >= 11 is 0. The molecule has 0 radical (unpaired) electrons. The van der Waals surface area contributed by atoms with E-state index in [1.54, 1.807) is 10.5 Å². The first kappa shape index (κ1) is 54.5. The van der Waals surface area contributed by atoms with Crippen molar-refractivity contribution in [3.63, 3.8) is 0 Å². The average Bonchev–Trinajstić information content (AvgIpc) is 3.63. The van der Waals surface area contributed by atoms with E-state index in [-0.39, 0.29) is 36.0 Å². The van der Waals surface area contributed by atoms with Crippen LogP contribution >= 0.6 is 0 Å². The summed E-state index contributed by atoms with van der Waals surface area (Å²) in [5.74, 6) is 4.88. The SMILES string of the molecule is CCCCCCCCCCCCCCCCCC(=O)N(CCCCNC(=O)O[C@H]1CC[C@@]2(C)C(=CC[C@H]3[C@@H]4CC[C@H]([C@H](C)CCCC(C)C)[C@@]4(C)CC[C@@H]32)C1)CC(=O)NCCCCN. The number of alkyl carbamates (subject to hydrolysis) is 1. The minimum absolute atomic E-state index is 0.0589. The minimum atomic E-state index is -0.325. The van der Waals surface area contributed by atoms with E-state index in [1.807, 2.05) is 0 Å². The molecule has 0 heterocycles. The van der Waals surface area contributed by atoms with Crippen molar-refractivity contribution in [2.24, 2.45) is 52.1 Å². The van der Waals surface area contributed by atoms with Crippen molar-refractivity contribution in [2.75, 3.05) is 32.7 Å². The summed E-state index contributed by atoms with van der Waals surface area (Å²) in [4.78, 5) is 41.0. The fourth-order valence-corrected chi connectivity index (χ4v) is 13.4. The van der Waals surface area contributed by atoms with Crippen molar-refractivity contribution >= 4 is 17.9 Å². The third-order valence-electron chi connectivity index (χ3n) is 17.3. The second-order valence-electron chi connectivity index (χ2n) is 22.6. The highest BCUT2D eigenvalue weighted by molar-refractivity contribution is 5.84. The first-order valence-corrected chi connectivity index (χ1v) is 27.8. The van der Waals surface area contributed by atoms with Crippen LogP contribution in [0.4, 0.5) is 4.79 Å². The van der Waals surface area contributed by atoms with E-state index in [0.29, 0.717) is 38.0 Å². The van der Waals surface area contributed by atoms with E-state index in [2.05, 4.69) is 58.3 Å². The van der Waals surface area contributed by atoms with E-state index in [0.717, 1.165) is 93.3 Å². The Morgan fingerprint density at radius 2 is 1.38 bits per heavy atom. The number of allylic oxidation sites excluding steroid dienone is 1. The Kier molecular flexibility index (Phi) is 25.2. The lowest BCUT2D eigenvalue weighted by atomic mass is 9.47. The number of ether oxygens (including phenoxy) is 1. The Labute approximate surface area is 394 Å². The Morgan fingerprint density at radius 3 is 2.03 bits per heavy atom. The smallest absolute Gasteiger partial charge is 0.407 e. The van der Waals surface area contributed by atoms with Gasteiger partial charge < -0.3 is 26.0 Å². The van der Waals surface area contributed by atoms with Gasteiger partial charge in [0.15, 0.2) is 0 Å². The molecule has 8 heteroatoms. The molecular weight excluding hydrogens is 793 g/mol. The lowest BCUT2D eigenvalue weighted by Gasteiger charge is -2.58. The molecule has 370 valence electrons. The molecule has 3 amide bonds. The number of hydrogen-bond donors (Lipinski definition) is 3. The molecule has 0 aromatic rings. The summed E-state index contributed by atoms with van der Waals surface area (Å²) in [5, 5.41) is 5.98. The van der Waals surface area contributed by atoms with Crippen LogP contribution in [0.25, 0.3) is 0 Å². The van der Waals surface area contributed by atoms with Gasteiger partial charge in [-0.2, -0.15) is 0 Å². The average molecular weight is 895 g/mol. The zero-order chi connectivity index (χ0) is 46.2. The number of unbranched alkanes of at least 4 members (excludes halogenated alkanes) is 16. The van der Waals surface area contributed by atoms with E-state index in [1.165, 1.54) is 135 Å². The molecule has 8 nitrogen and oxygen atoms in total. The largest absolute Gasteiger partial charge is 0.446 e. The van der Waals surface area contributed by atoms with E-state index in [4.69, 9.17) is 10.5 Å². The second-order valence-corrected chi connectivity index (χ2v) is 22.6. The van der Waals surface area contributed by atoms with Gasteiger partial charge in [0, 0.05) is 32.5 Å². The van der Waals surface area contributed by atoms with Crippen LogP contribution in [0.2, 0.25) is 0 Å². The predicted molar refractivity (Wildman–Crippen MR) is 268 cm³/mol. The monoisotopic (exact) mass is 895 g/mol. The summed E-state index contributed by atoms with van der Waals surface area (Å²) in [7, 11) is 0. The van der Waals surface area contributed by atoms with Gasteiger partial charge in [-0.1, -0.05) is 162 Å². The third-order valence-corrected chi connectivity index (χ3v) is 17.3. The summed E-state index contributed by atoms with van der Waals surface area (Å²) in [6.07, 6.45) is 39.1. The summed E-state index contributed by atoms with van der Waals surface area (Å²) in [6, 6.07) is 0. The van der Waals surface area contributed by atoms with Crippen LogP contribution in [0.15, 0.2) is 11.6 Å². The number of amides is 3. The van der Waals surface area contributed by atoms with E-state index in [9.17, 15) is 14.4 Å². The van der Waals surface area contributed by atoms with Gasteiger partial charge >= 0.3 is 6.09 Å². The van der Waals surface area contributed by atoms with Crippen LogP contribution in [0.1, 0.15) is 241 Å². The predicted octanol–water partition coefficient (Wildman–Crippen LogP) is 13.8. The van der Waals surface area contributed by atoms with Gasteiger partial charge in [0.25, 0.3) is 0 Å². The molecule has 4 aliphatic carbocycles. The molecule has 0 aromatic carbocycles. The van der Waals surface area contributed by atoms with Crippen molar-refractivity contribution < 1.29 is 19.1 Å². The molecule has 4 N–H and O–H groups in total. The van der Waals surface area contributed by atoms with Gasteiger partial charge in [0.2, 0.25) is 11.8 Å². The molecule has 0 bridgehead atoms. The molecule has 8 atom stereocenters. The number of fused-ring (bicyclic) bond motifs is 5. The highest BCUT2D eigenvalue weighted by Crippen LogP contribution is 2.67.